The van der Waals surface area contributed by atoms with Crippen LogP contribution in [0.3, 0.4) is 0 Å². The third-order valence-corrected chi connectivity index (χ3v) is 6.00. The number of carbonyl (C=O) groups excluding carboxylic acids is 1. The highest BCUT2D eigenvalue weighted by molar-refractivity contribution is 5.95. The molecule has 3 aromatic rings. The molecule has 1 N–H and O–H groups in total. The van der Waals surface area contributed by atoms with Crippen LogP contribution in [0.2, 0.25) is 0 Å². The molecule has 0 saturated carbocycles. The second-order valence-corrected chi connectivity index (χ2v) is 8.36. The first-order chi connectivity index (χ1) is 16.0. The van der Waals surface area contributed by atoms with E-state index < -0.39 is 0 Å². The largest absolute Gasteiger partial charge is 0.497 e. The maximum atomic E-state index is 13.7. The van der Waals surface area contributed by atoms with Crippen LogP contribution in [0.25, 0.3) is 0 Å². The van der Waals surface area contributed by atoms with Gasteiger partial charge in [0.05, 0.1) is 24.4 Å². The fourth-order valence-electron chi connectivity index (χ4n) is 4.30. The summed E-state index contributed by atoms with van der Waals surface area (Å²) >= 11 is 0. The number of methoxy groups -OCH3 is 1. The average Bonchev–Trinajstić information content (AvgIpc) is 2.83. The minimum Gasteiger partial charge on any atom is -0.497 e. The fraction of sp³-hybridized carbons (Fsp3) is 0.346. The van der Waals surface area contributed by atoms with Gasteiger partial charge in [-0.2, -0.15) is 0 Å². The van der Waals surface area contributed by atoms with Crippen LogP contribution in [0.4, 0.5) is 4.39 Å². The Hall–Kier alpha value is -3.32. The van der Waals surface area contributed by atoms with Crippen molar-refractivity contribution >= 4 is 5.91 Å². The van der Waals surface area contributed by atoms with Crippen molar-refractivity contribution in [1.82, 2.24) is 20.2 Å². The van der Waals surface area contributed by atoms with Gasteiger partial charge in [-0.25, -0.2) is 14.4 Å². The van der Waals surface area contributed by atoms with Crippen molar-refractivity contribution in [1.29, 1.82) is 0 Å². The lowest BCUT2D eigenvalue weighted by atomic mass is 9.95. The predicted molar refractivity (Wildman–Crippen MR) is 124 cm³/mol. The van der Waals surface area contributed by atoms with Gasteiger partial charge in [0.1, 0.15) is 17.4 Å². The van der Waals surface area contributed by atoms with E-state index in [0.29, 0.717) is 24.5 Å². The Morgan fingerprint density at radius 3 is 2.76 bits per heavy atom. The van der Waals surface area contributed by atoms with Crippen LogP contribution in [0.1, 0.15) is 58.3 Å². The van der Waals surface area contributed by atoms with Crippen LogP contribution in [-0.4, -0.2) is 34.4 Å². The van der Waals surface area contributed by atoms with E-state index in [1.165, 1.54) is 6.07 Å². The van der Waals surface area contributed by atoms with Gasteiger partial charge in [-0.05, 0) is 61.7 Å². The average molecular weight is 449 g/mol. The highest BCUT2D eigenvalue weighted by Gasteiger charge is 2.29. The summed E-state index contributed by atoms with van der Waals surface area (Å²) in [5, 5.41) is 3.00. The topological polar surface area (TPSA) is 67.3 Å². The van der Waals surface area contributed by atoms with E-state index >= 15 is 0 Å². The standard InChI is InChI=1S/C26H29FN4O2/c1-18-28-16-23(26(32)29-15-19-9-11-22(33-2)12-10-19)25(30-18)24-8-3-4-13-31(24)17-20-6-5-7-21(27)14-20/h5-7,9-12,14,16,24H,3-4,8,13,15,17H2,1-2H3,(H,29,32)/t24-/m0/s1. The number of carbonyl (C=O) groups is 1. The summed E-state index contributed by atoms with van der Waals surface area (Å²) in [5.41, 5.74) is 3.12. The SMILES string of the molecule is COc1ccc(CNC(=O)c2cnc(C)nc2[C@@H]2CCCCN2Cc2cccc(F)c2)cc1. The zero-order valence-corrected chi connectivity index (χ0v) is 19.1. The highest BCUT2D eigenvalue weighted by Crippen LogP contribution is 2.33. The highest BCUT2D eigenvalue weighted by atomic mass is 19.1. The van der Waals surface area contributed by atoms with Crippen molar-refractivity contribution in [3.63, 3.8) is 0 Å². The normalized spacial score (nSPS) is 16.4. The lowest BCUT2D eigenvalue weighted by Gasteiger charge is -2.36. The third-order valence-electron chi connectivity index (χ3n) is 6.00. The maximum Gasteiger partial charge on any atom is 0.255 e. The summed E-state index contributed by atoms with van der Waals surface area (Å²) in [4.78, 5) is 24.4. The molecule has 2 heterocycles. The van der Waals surface area contributed by atoms with Crippen LogP contribution in [0.5, 0.6) is 5.75 Å². The second kappa shape index (κ2) is 10.5. The van der Waals surface area contributed by atoms with E-state index in [9.17, 15) is 9.18 Å². The number of amides is 1. The summed E-state index contributed by atoms with van der Waals surface area (Å²) < 4.78 is 18.9. The Morgan fingerprint density at radius 2 is 2.00 bits per heavy atom. The number of hydrogen-bond acceptors (Lipinski definition) is 5. The minimum atomic E-state index is -0.238. The predicted octanol–water partition coefficient (Wildman–Crippen LogP) is 4.59. The van der Waals surface area contributed by atoms with Gasteiger partial charge in [-0.1, -0.05) is 30.7 Å². The number of nitrogens with one attached hydrogen (secondary N) is 1. The number of rotatable bonds is 7. The molecule has 1 amide bonds. The van der Waals surface area contributed by atoms with E-state index in [0.717, 1.165) is 48.4 Å². The van der Waals surface area contributed by atoms with Crippen molar-refractivity contribution in [3.8, 4) is 5.75 Å². The van der Waals surface area contributed by atoms with E-state index in [-0.39, 0.29) is 17.8 Å². The van der Waals surface area contributed by atoms with Gasteiger partial charge >= 0.3 is 0 Å². The molecular formula is C26H29FN4O2. The van der Waals surface area contributed by atoms with Gasteiger partial charge in [0.15, 0.2) is 0 Å². The molecule has 4 rings (SSSR count). The molecule has 6 nitrogen and oxygen atoms in total. The Kier molecular flexibility index (Phi) is 7.29. The van der Waals surface area contributed by atoms with Gasteiger partial charge in [0.25, 0.3) is 5.91 Å². The molecule has 1 fully saturated rings. The molecule has 1 aliphatic heterocycles. The molecule has 0 aliphatic carbocycles. The zero-order chi connectivity index (χ0) is 23.2. The summed E-state index contributed by atoms with van der Waals surface area (Å²) in [5.74, 6) is 0.970. The van der Waals surface area contributed by atoms with Gasteiger partial charge in [-0.15, -0.1) is 0 Å². The fourth-order valence-corrected chi connectivity index (χ4v) is 4.30. The molecule has 1 aromatic heterocycles. The molecule has 2 aromatic carbocycles. The number of aromatic nitrogens is 2. The molecule has 0 bridgehead atoms. The van der Waals surface area contributed by atoms with Crippen molar-refractivity contribution in [2.75, 3.05) is 13.7 Å². The first-order valence-electron chi connectivity index (χ1n) is 11.3. The first-order valence-corrected chi connectivity index (χ1v) is 11.3. The molecule has 0 spiro atoms. The van der Waals surface area contributed by atoms with E-state index in [4.69, 9.17) is 9.72 Å². The van der Waals surface area contributed by atoms with Crippen LogP contribution < -0.4 is 10.1 Å². The Morgan fingerprint density at radius 1 is 1.18 bits per heavy atom. The van der Waals surface area contributed by atoms with Crippen LogP contribution in [-0.2, 0) is 13.1 Å². The van der Waals surface area contributed by atoms with Crippen molar-refractivity contribution in [2.45, 2.75) is 45.3 Å². The van der Waals surface area contributed by atoms with Crippen LogP contribution in [0.15, 0.2) is 54.7 Å². The first kappa shape index (κ1) is 22.9. The molecule has 0 unspecified atom stereocenters. The van der Waals surface area contributed by atoms with E-state index in [1.807, 2.05) is 37.3 Å². The molecule has 33 heavy (non-hydrogen) atoms. The number of halogens is 1. The summed E-state index contributed by atoms with van der Waals surface area (Å²) in [6, 6.07) is 14.3. The summed E-state index contributed by atoms with van der Waals surface area (Å²) in [6.45, 7) is 3.71. The van der Waals surface area contributed by atoms with Crippen LogP contribution >= 0.6 is 0 Å². The Balaban J connectivity index is 1.54. The lowest BCUT2D eigenvalue weighted by molar-refractivity contribution is 0.0939. The van der Waals surface area contributed by atoms with E-state index in [2.05, 4.69) is 15.2 Å². The van der Waals surface area contributed by atoms with Crippen molar-refractivity contribution in [2.24, 2.45) is 0 Å². The van der Waals surface area contributed by atoms with Crippen LogP contribution in [0, 0.1) is 12.7 Å². The minimum absolute atomic E-state index is 0.0227. The van der Waals surface area contributed by atoms with Crippen molar-refractivity contribution in [3.05, 3.63) is 88.8 Å². The van der Waals surface area contributed by atoms with Gasteiger partial charge in [-0.3, -0.25) is 9.69 Å². The molecule has 0 radical (unpaired) electrons. The lowest BCUT2D eigenvalue weighted by Crippen LogP contribution is -2.35. The number of benzene rings is 2. The van der Waals surface area contributed by atoms with Gasteiger partial charge in [0, 0.05) is 19.3 Å². The summed E-state index contributed by atoms with van der Waals surface area (Å²) in [7, 11) is 1.62. The smallest absolute Gasteiger partial charge is 0.255 e. The quantitative estimate of drug-likeness (QED) is 0.573. The Labute approximate surface area is 193 Å². The number of piperidine rings is 1. The van der Waals surface area contributed by atoms with Crippen molar-refractivity contribution < 1.29 is 13.9 Å². The number of nitrogens with zero attached hydrogens (tertiary/aromatic N) is 3. The summed E-state index contributed by atoms with van der Waals surface area (Å²) in [6.07, 6.45) is 4.63. The molecule has 1 saturated heterocycles. The molecule has 172 valence electrons. The number of ether oxygens (including phenoxy) is 1. The number of likely N-dealkylation sites (tertiary alicyclic amines) is 1. The monoisotopic (exact) mass is 448 g/mol. The number of aryl methyl sites for hydroxylation is 1. The van der Waals surface area contributed by atoms with Gasteiger partial charge < -0.3 is 10.1 Å². The molecule has 7 heteroatoms. The second-order valence-electron chi connectivity index (χ2n) is 8.36. The molecular weight excluding hydrogens is 419 g/mol. The zero-order valence-electron chi connectivity index (χ0n) is 19.1. The molecule has 1 atom stereocenters. The maximum absolute atomic E-state index is 13.7. The number of hydrogen-bond donors (Lipinski definition) is 1. The van der Waals surface area contributed by atoms with Gasteiger partial charge in [0.2, 0.25) is 0 Å². The van der Waals surface area contributed by atoms with E-state index in [1.54, 1.807) is 25.4 Å². The Bertz CT molecular complexity index is 1100. The molecule has 1 aliphatic rings. The third kappa shape index (κ3) is 5.73.